The van der Waals surface area contributed by atoms with Crippen molar-refractivity contribution in [3.05, 3.63) is 66.0 Å². The van der Waals surface area contributed by atoms with Crippen LogP contribution in [0, 0.1) is 0 Å². The lowest BCUT2D eigenvalue weighted by molar-refractivity contribution is 0.457. The Bertz CT molecular complexity index is 1770. The van der Waals surface area contributed by atoms with Crippen LogP contribution in [0.25, 0.3) is 33.4 Å². The Morgan fingerprint density at radius 1 is 0.949 bits per heavy atom. The molecule has 0 atom stereocenters. The summed E-state index contributed by atoms with van der Waals surface area (Å²) in [6, 6.07) is 16.3. The maximum atomic E-state index is 12.2. The van der Waals surface area contributed by atoms with Gasteiger partial charge in [-0.3, -0.25) is 0 Å². The molecular weight excluding hydrogens is 544 g/mol. The van der Waals surface area contributed by atoms with E-state index in [0.29, 0.717) is 45.4 Å². The van der Waals surface area contributed by atoms with Gasteiger partial charge in [0.15, 0.2) is 6.54 Å². The second kappa shape index (κ2) is 11.3. The highest BCUT2D eigenvalue weighted by Gasteiger charge is 2.22. The fourth-order valence-electron chi connectivity index (χ4n) is 4.40. The van der Waals surface area contributed by atoms with Crippen molar-refractivity contribution >= 4 is 36.9 Å². The van der Waals surface area contributed by atoms with Crippen LogP contribution in [0.1, 0.15) is 26.2 Å². The Balaban J connectivity index is 1.98. The predicted molar refractivity (Wildman–Crippen MR) is 146 cm³/mol. The van der Waals surface area contributed by atoms with E-state index < -0.39 is 26.0 Å². The molecule has 0 bridgehead atoms. The number of benzene rings is 3. The maximum Gasteiger partial charge on any atom is 0.232 e. The molecule has 0 fully saturated rings. The summed E-state index contributed by atoms with van der Waals surface area (Å²) in [6.45, 7) is 2.76. The highest BCUT2D eigenvalue weighted by molar-refractivity contribution is 7.86. The molecule has 0 unspecified atom stereocenters. The molecule has 13 heteroatoms. The van der Waals surface area contributed by atoms with E-state index in [1.54, 1.807) is 53.5 Å². The third kappa shape index (κ3) is 6.57. The molecule has 2 aromatic carbocycles. The maximum absolute atomic E-state index is 12.2. The lowest BCUT2D eigenvalue weighted by atomic mass is 9.93. The SMILES string of the molecule is CCCCN(N)c1ccc2c(-c3ccccc3S(=O)(=O)[O-])c3cc/c(=[N+](\N)CCCS(=O)(=O)[O-])cc-3oc2c1. The quantitative estimate of drug-likeness (QED) is 0.0936. The molecule has 1 heterocycles. The minimum atomic E-state index is -4.81. The zero-order valence-electron chi connectivity index (χ0n) is 21.2. The third-order valence-corrected chi connectivity index (χ3v) is 8.01. The van der Waals surface area contributed by atoms with Crippen LogP contribution in [0.2, 0.25) is 0 Å². The highest BCUT2D eigenvalue weighted by atomic mass is 32.2. The fraction of sp³-hybridized carbons (Fsp3) is 0.269. The molecule has 0 radical (unpaired) electrons. The molecule has 0 spiro atoms. The first-order valence-corrected chi connectivity index (χ1v) is 15.2. The standard InChI is InChI=1S/C26H30N4O7S2/c1-2-3-13-29(27)18-9-11-20-23(16-18)37-24-17-19(30(28)14-6-15-38(31,32)33)10-12-21(24)26(20)22-7-4-5-8-25(22)39(34,35)36/h4-5,7-12,16-17H,2-3,6,13-15,27-28H2,1H3,(H-,31,32,33,34,35,36)/p-1. The van der Waals surface area contributed by atoms with Crippen LogP contribution < -0.4 is 26.7 Å². The van der Waals surface area contributed by atoms with Crippen LogP contribution in [0.4, 0.5) is 5.69 Å². The Morgan fingerprint density at radius 3 is 2.38 bits per heavy atom. The first kappa shape index (κ1) is 28.5. The monoisotopic (exact) mass is 573 g/mol. The van der Waals surface area contributed by atoms with Crippen molar-refractivity contribution in [3.63, 3.8) is 0 Å². The molecule has 0 amide bonds. The van der Waals surface area contributed by atoms with Gasteiger partial charge < -0.3 is 18.5 Å². The van der Waals surface area contributed by atoms with Gasteiger partial charge in [0.2, 0.25) is 5.36 Å². The fourth-order valence-corrected chi connectivity index (χ4v) is 5.57. The average Bonchev–Trinajstić information content (AvgIpc) is 2.88. The molecule has 2 aromatic rings. The molecule has 1 aliphatic carbocycles. The van der Waals surface area contributed by atoms with E-state index in [4.69, 9.17) is 16.1 Å². The van der Waals surface area contributed by atoms with E-state index in [2.05, 4.69) is 6.92 Å². The van der Waals surface area contributed by atoms with E-state index in [1.807, 2.05) is 0 Å². The Hall–Kier alpha value is -3.49. The minimum absolute atomic E-state index is 0.0304. The summed E-state index contributed by atoms with van der Waals surface area (Å²) >= 11 is 0. The number of anilines is 1. The van der Waals surface area contributed by atoms with Crippen molar-refractivity contribution in [2.24, 2.45) is 11.7 Å². The summed E-state index contributed by atoms with van der Waals surface area (Å²) in [5.74, 6) is 12.1. The number of hydrazine groups is 2. The molecule has 0 saturated carbocycles. The van der Waals surface area contributed by atoms with Gasteiger partial charge in [0, 0.05) is 52.9 Å². The van der Waals surface area contributed by atoms with Gasteiger partial charge in [-0.15, -0.1) is 4.68 Å². The molecular formula is C26H29N4O7S2-. The third-order valence-electron chi connectivity index (χ3n) is 6.32. The molecule has 4 rings (SSSR count). The van der Waals surface area contributed by atoms with Crippen LogP contribution >= 0.6 is 0 Å². The zero-order valence-corrected chi connectivity index (χ0v) is 22.9. The number of fused-ring (bicyclic) bond motifs is 2. The number of hydrogen-bond acceptors (Lipinski definition) is 10. The van der Waals surface area contributed by atoms with E-state index >= 15 is 0 Å². The largest absolute Gasteiger partial charge is 0.748 e. The highest BCUT2D eigenvalue weighted by Crippen LogP contribution is 2.42. The smallest absolute Gasteiger partial charge is 0.232 e. The van der Waals surface area contributed by atoms with Crippen molar-refractivity contribution in [1.29, 1.82) is 0 Å². The number of unbranched alkanes of at least 4 members (excludes halogenated alkanes) is 1. The zero-order chi connectivity index (χ0) is 28.4. The van der Waals surface area contributed by atoms with Crippen LogP contribution in [0.5, 0.6) is 0 Å². The second-order valence-corrected chi connectivity index (χ2v) is 12.0. The lowest BCUT2D eigenvalue weighted by Crippen LogP contribution is -2.37. The topological polar surface area (TPSA) is 186 Å². The molecule has 11 nitrogen and oxygen atoms in total. The van der Waals surface area contributed by atoms with Crippen LogP contribution in [0.15, 0.2) is 70.0 Å². The summed E-state index contributed by atoms with van der Waals surface area (Å²) in [5.41, 5.74) is 2.32. The second-order valence-electron chi connectivity index (χ2n) is 9.14. The minimum Gasteiger partial charge on any atom is -0.748 e. The van der Waals surface area contributed by atoms with E-state index in [-0.39, 0.29) is 23.4 Å². The van der Waals surface area contributed by atoms with E-state index in [1.165, 1.54) is 16.8 Å². The Labute approximate surface area is 226 Å². The van der Waals surface area contributed by atoms with Gasteiger partial charge in [0.25, 0.3) is 0 Å². The van der Waals surface area contributed by atoms with Gasteiger partial charge in [-0.05, 0) is 30.7 Å². The number of rotatable bonds is 10. The number of hydrogen-bond donors (Lipinski definition) is 2. The number of nitrogens with two attached hydrogens (primary N) is 2. The lowest BCUT2D eigenvalue weighted by Gasteiger charge is -2.21. The molecule has 4 N–H and O–H groups in total. The van der Waals surface area contributed by atoms with E-state index in [9.17, 15) is 25.9 Å². The average molecular weight is 574 g/mol. The van der Waals surface area contributed by atoms with E-state index in [0.717, 1.165) is 12.8 Å². The van der Waals surface area contributed by atoms with Gasteiger partial charge in [-0.2, -0.15) is 0 Å². The molecule has 39 heavy (non-hydrogen) atoms. The molecule has 1 aliphatic heterocycles. The first-order chi connectivity index (χ1) is 18.4. The molecule has 0 aromatic heterocycles. The summed E-state index contributed by atoms with van der Waals surface area (Å²) in [4.78, 5) is -0.366. The van der Waals surface area contributed by atoms with Crippen molar-refractivity contribution in [2.45, 2.75) is 31.1 Å². The van der Waals surface area contributed by atoms with Gasteiger partial charge in [0.1, 0.15) is 21.5 Å². The van der Waals surface area contributed by atoms with Crippen molar-refractivity contribution < 1.29 is 30.4 Å². The summed E-state index contributed by atoms with van der Waals surface area (Å²) in [5, 5.41) is 2.65. The van der Waals surface area contributed by atoms with Crippen molar-refractivity contribution in [2.75, 3.05) is 23.9 Å². The Morgan fingerprint density at radius 2 is 1.69 bits per heavy atom. The molecule has 208 valence electrons. The van der Waals surface area contributed by atoms with Gasteiger partial charge >= 0.3 is 0 Å². The number of nitrogens with zero attached hydrogens (tertiary/aromatic N) is 2. The van der Waals surface area contributed by atoms with Crippen LogP contribution in [-0.4, -0.2) is 44.8 Å². The molecule has 2 aliphatic rings. The summed E-state index contributed by atoms with van der Waals surface area (Å²) in [7, 11) is -9.18. The van der Waals surface area contributed by atoms with Crippen LogP contribution in [-0.2, 0) is 20.2 Å². The van der Waals surface area contributed by atoms with Crippen molar-refractivity contribution in [1.82, 2.24) is 4.68 Å². The van der Waals surface area contributed by atoms with Gasteiger partial charge in [0.05, 0.1) is 26.8 Å². The summed E-state index contributed by atoms with van der Waals surface area (Å²) < 4.78 is 76.9. The normalized spacial score (nSPS) is 13.1. The van der Waals surface area contributed by atoms with Crippen molar-refractivity contribution in [3.8, 4) is 22.5 Å². The van der Waals surface area contributed by atoms with Gasteiger partial charge in [-0.1, -0.05) is 31.5 Å². The predicted octanol–water partition coefficient (Wildman–Crippen LogP) is 2.17. The Kier molecular flexibility index (Phi) is 8.28. The first-order valence-electron chi connectivity index (χ1n) is 12.3. The summed E-state index contributed by atoms with van der Waals surface area (Å²) in [6.07, 6.45) is 1.87. The molecule has 0 saturated heterocycles. The van der Waals surface area contributed by atoms with Gasteiger partial charge in [-0.25, -0.2) is 28.5 Å². The van der Waals surface area contributed by atoms with Crippen LogP contribution in [0.3, 0.4) is 0 Å².